The number of ether oxygens (including phenoxy) is 3. The van der Waals surface area contributed by atoms with E-state index in [0.717, 1.165) is 51.4 Å². The molecule has 6 nitrogen and oxygen atoms in total. The van der Waals surface area contributed by atoms with Crippen LogP contribution in [-0.4, -0.2) is 36.2 Å². The summed E-state index contributed by atoms with van der Waals surface area (Å²) in [5, 5.41) is 0. The molecule has 31 heavy (non-hydrogen) atoms. The Bertz CT molecular complexity index is 748. The topological polar surface area (TPSA) is 78.9 Å². The first-order valence-electron chi connectivity index (χ1n) is 12.1. The second kappa shape index (κ2) is 8.08. The van der Waals surface area contributed by atoms with Crippen molar-refractivity contribution < 1.29 is 28.6 Å². The predicted octanol–water partition coefficient (Wildman–Crippen LogP) is 4.43. The second-order valence-corrected chi connectivity index (χ2v) is 11.1. The van der Waals surface area contributed by atoms with Crippen molar-refractivity contribution in [2.75, 3.05) is 0 Å². The Hall–Kier alpha value is -1.59. The van der Waals surface area contributed by atoms with Crippen LogP contribution < -0.4 is 0 Å². The Kier molecular flexibility index (Phi) is 5.89. The van der Waals surface area contributed by atoms with Crippen molar-refractivity contribution in [3.8, 4) is 0 Å². The number of carbonyl (C=O) groups is 3. The van der Waals surface area contributed by atoms with Crippen molar-refractivity contribution in [2.45, 2.75) is 104 Å². The number of esters is 3. The third kappa shape index (κ3) is 3.89. The van der Waals surface area contributed by atoms with Crippen LogP contribution in [0.4, 0.5) is 0 Å². The average molecular weight is 435 g/mol. The van der Waals surface area contributed by atoms with E-state index in [1.54, 1.807) is 0 Å². The van der Waals surface area contributed by atoms with Gasteiger partial charge in [-0.25, -0.2) is 0 Å². The summed E-state index contributed by atoms with van der Waals surface area (Å²) in [7, 11) is 0. The summed E-state index contributed by atoms with van der Waals surface area (Å²) in [6.07, 6.45) is 7.47. The van der Waals surface area contributed by atoms with Gasteiger partial charge in [0.25, 0.3) is 0 Å². The van der Waals surface area contributed by atoms with Crippen molar-refractivity contribution in [2.24, 2.45) is 34.5 Å². The molecule has 0 heterocycles. The molecular formula is C25H38O6. The molecule has 0 bridgehead atoms. The van der Waals surface area contributed by atoms with Crippen LogP contribution in [0.2, 0.25) is 0 Å². The molecule has 0 aromatic heterocycles. The van der Waals surface area contributed by atoms with Gasteiger partial charge in [-0.3, -0.25) is 14.4 Å². The molecule has 0 spiro atoms. The quantitative estimate of drug-likeness (QED) is 0.483. The van der Waals surface area contributed by atoms with E-state index < -0.39 is 0 Å². The fourth-order valence-corrected chi connectivity index (χ4v) is 8.32. The van der Waals surface area contributed by atoms with Crippen LogP contribution in [0, 0.1) is 34.5 Å². The van der Waals surface area contributed by atoms with E-state index in [9.17, 15) is 14.4 Å². The molecule has 0 radical (unpaired) electrons. The Balaban J connectivity index is 1.64. The van der Waals surface area contributed by atoms with Gasteiger partial charge in [-0.15, -0.1) is 0 Å². The zero-order valence-electron chi connectivity index (χ0n) is 19.6. The first kappa shape index (κ1) is 22.6. The lowest BCUT2D eigenvalue weighted by Gasteiger charge is -2.62. The van der Waals surface area contributed by atoms with Crippen LogP contribution in [0.25, 0.3) is 0 Å². The molecule has 4 rings (SSSR count). The van der Waals surface area contributed by atoms with Crippen LogP contribution in [0.3, 0.4) is 0 Å². The smallest absolute Gasteiger partial charge is 0.302 e. The lowest BCUT2D eigenvalue weighted by Crippen LogP contribution is -2.60. The van der Waals surface area contributed by atoms with Gasteiger partial charge in [0.15, 0.2) is 0 Å². The van der Waals surface area contributed by atoms with E-state index in [-0.39, 0.29) is 47.0 Å². The molecule has 9 unspecified atom stereocenters. The highest BCUT2D eigenvalue weighted by atomic mass is 16.6. The zero-order chi connectivity index (χ0) is 22.6. The van der Waals surface area contributed by atoms with Gasteiger partial charge in [-0.1, -0.05) is 13.8 Å². The molecule has 4 saturated carbocycles. The van der Waals surface area contributed by atoms with Gasteiger partial charge < -0.3 is 14.2 Å². The first-order chi connectivity index (χ1) is 14.5. The summed E-state index contributed by atoms with van der Waals surface area (Å²) in [6, 6.07) is 0. The summed E-state index contributed by atoms with van der Waals surface area (Å²) < 4.78 is 17.4. The van der Waals surface area contributed by atoms with Gasteiger partial charge in [0.05, 0.1) is 0 Å². The maximum absolute atomic E-state index is 12.1. The largest absolute Gasteiger partial charge is 0.463 e. The van der Waals surface area contributed by atoms with E-state index in [0.29, 0.717) is 23.7 Å². The molecule has 0 aromatic rings. The predicted molar refractivity (Wildman–Crippen MR) is 114 cm³/mol. The molecule has 6 heteroatoms. The van der Waals surface area contributed by atoms with Crippen molar-refractivity contribution in [1.29, 1.82) is 0 Å². The summed E-state index contributed by atoms with van der Waals surface area (Å²) in [4.78, 5) is 35.4. The standard InChI is InChI=1S/C25H38O6/c1-14(26)29-18-10-11-24(4)17(12-18)6-7-19-20-8-9-22(31-16(3)28)25(20,5)13-21(23(19)24)30-15(2)27/h17-23H,6-13H2,1-5H3. The number of hydrogen-bond donors (Lipinski definition) is 0. The van der Waals surface area contributed by atoms with Gasteiger partial charge in [0.1, 0.15) is 18.3 Å². The normalized spacial score (nSPS) is 46.2. The summed E-state index contributed by atoms with van der Waals surface area (Å²) in [5.74, 6) is 1.08. The Morgan fingerprint density at radius 1 is 0.774 bits per heavy atom. The fourth-order valence-electron chi connectivity index (χ4n) is 8.32. The van der Waals surface area contributed by atoms with Gasteiger partial charge in [0, 0.05) is 32.1 Å². The molecular weight excluding hydrogens is 396 g/mol. The molecule has 9 atom stereocenters. The molecule has 0 aliphatic heterocycles. The molecule has 4 fully saturated rings. The Morgan fingerprint density at radius 3 is 2.10 bits per heavy atom. The van der Waals surface area contributed by atoms with Gasteiger partial charge >= 0.3 is 17.9 Å². The van der Waals surface area contributed by atoms with Crippen LogP contribution in [0.5, 0.6) is 0 Å². The second-order valence-electron chi connectivity index (χ2n) is 11.1. The van der Waals surface area contributed by atoms with Gasteiger partial charge in [-0.05, 0) is 74.5 Å². The van der Waals surface area contributed by atoms with Gasteiger partial charge in [-0.2, -0.15) is 0 Å². The number of carbonyl (C=O) groups excluding carboxylic acids is 3. The highest BCUT2D eigenvalue weighted by Gasteiger charge is 2.65. The molecule has 4 aliphatic rings. The highest BCUT2D eigenvalue weighted by molar-refractivity contribution is 5.67. The molecule has 0 N–H and O–H groups in total. The zero-order valence-corrected chi connectivity index (χ0v) is 19.6. The van der Waals surface area contributed by atoms with Crippen LogP contribution in [0.15, 0.2) is 0 Å². The molecule has 4 aliphatic carbocycles. The summed E-state index contributed by atoms with van der Waals surface area (Å²) in [6.45, 7) is 9.11. The number of hydrogen-bond acceptors (Lipinski definition) is 6. The van der Waals surface area contributed by atoms with E-state index in [1.807, 2.05) is 0 Å². The minimum atomic E-state index is -0.229. The third-order valence-corrected chi connectivity index (χ3v) is 9.40. The molecule has 0 saturated heterocycles. The lowest BCUT2D eigenvalue weighted by atomic mass is 9.44. The first-order valence-corrected chi connectivity index (χ1v) is 12.1. The lowest BCUT2D eigenvalue weighted by molar-refractivity contribution is -0.207. The molecule has 0 aromatic carbocycles. The van der Waals surface area contributed by atoms with E-state index in [2.05, 4.69) is 13.8 Å². The minimum absolute atomic E-state index is 0.00739. The third-order valence-electron chi connectivity index (χ3n) is 9.40. The van der Waals surface area contributed by atoms with Crippen LogP contribution in [0.1, 0.15) is 86.0 Å². The van der Waals surface area contributed by atoms with Gasteiger partial charge in [0.2, 0.25) is 0 Å². The highest BCUT2D eigenvalue weighted by Crippen LogP contribution is 2.67. The van der Waals surface area contributed by atoms with E-state index >= 15 is 0 Å². The van der Waals surface area contributed by atoms with Crippen LogP contribution in [-0.2, 0) is 28.6 Å². The van der Waals surface area contributed by atoms with Crippen molar-refractivity contribution >= 4 is 17.9 Å². The monoisotopic (exact) mass is 434 g/mol. The Morgan fingerprint density at radius 2 is 1.45 bits per heavy atom. The van der Waals surface area contributed by atoms with Crippen LogP contribution >= 0.6 is 0 Å². The molecule has 0 amide bonds. The van der Waals surface area contributed by atoms with Crippen molar-refractivity contribution in [1.82, 2.24) is 0 Å². The maximum atomic E-state index is 12.1. The number of fused-ring (bicyclic) bond motifs is 5. The fraction of sp³-hybridized carbons (Fsp3) is 0.880. The maximum Gasteiger partial charge on any atom is 0.302 e. The molecule has 174 valence electrons. The van der Waals surface area contributed by atoms with E-state index in [1.165, 1.54) is 20.8 Å². The van der Waals surface area contributed by atoms with E-state index in [4.69, 9.17) is 14.2 Å². The Labute approximate surface area is 185 Å². The summed E-state index contributed by atoms with van der Waals surface area (Å²) in [5.41, 5.74) is -0.0778. The summed E-state index contributed by atoms with van der Waals surface area (Å²) >= 11 is 0. The van der Waals surface area contributed by atoms with Crippen molar-refractivity contribution in [3.05, 3.63) is 0 Å². The van der Waals surface area contributed by atoms with Crippen molar-refractivity contribution in [3.63, 3.8) is 0 Å². The average Bonchev–Trinajstić information content (AvgIpc) is 2.96. The number of rotatable bonds is 3. The SMILES string of the molecule is CC(=O)OC1CCC2(C)C(CCC3C4CCC(OC(C)=O)C4(C)CC(OC(C)=O)C32)C1. The minimum Gasteiger partial charge on any atom is -0.463 e.